The number of anilines is 3. The summed E-state index contributed by atoms with van der Waals surface area (Å²) in [5, 5.41) is 14.4. The first-order chi connectivity index (χ1) is 32.2. The highest BCUT2D eigenvalue weighted by molar-refractivity contribution is 6.13. The molecule has 0 amide bonds. The number of fused-ring (bicyclic) bond motifs is 10. The summed E-state index contributed by atoms with van der Waals surface area (Å²) in [6.07, 6.45) is 2.02. The summed E-state index contributed by atoms with van der Waals surface area (Å²) in [6.45, 7) is 0. The average Bonchev–Trinajstić information content (AvgIpc) is 3.38. The molecule has 0 aliphatic rings. The number of hydrogen-bond donors (Lipinski definition) is 0. The van der Waals surface area contributed by atoms with E-state index in [1.54, 1.807) is 0 Å². The Morgan fingerprint density at radius 3 is 1.55 bits per heavy atom. The van der Waals surface area contributed by atoms with Crippen molar-refractivity contribution >= 4 is 92.7 Å². The number of para-hydroxylation sites is 2. The monoisotopic (exact) mass is 825 g/mol. The van der Waals surface area contributed by atoms with Gasteiger partial charge in [-0.3, -0.25) is 4.98 Å². The molecule has 0 N–H and O–H groups in total. The molecular formula is C62H39N3. The van der Waals surface area contributed by atoms with Gasteiger partial charge in [-0.05, 0) is 126 Å². The molecule has 0 unspecified atom stereocenters. The second kappa shape index (κ2) is 15.0. The molecule has 0 saturated heterocycles. The number of rotatable bonds is 6. The molecule has 11 aromatic carbocycles. The Hall–Kier alpha value is -8.66. The van der Waals surface area contributed by atoms with Crippen LogP contribution in [0.15, 0.2) is 237 Å². The summed E-state index contributed by atoms with van der Waals surface area (Å²) in [4.78, 5) is 12.4. The zero-order chi connectivity index (χ0) is 42.8. The summed E-state index contributed by atoms with van der Waals surface area (Å²) in [5.41, 5.74) is 12.0. The van der Waals surface area contributed by atoms with Crippen molar-refractivity contribution in [1.29, 1.82) is 0 Å². The number of pyridine rings is 2. The van der Waals surface area contributed by atoms with Crippen LogP contribution < -0.4 is 4.90 Å². The molecule has 3 heteroatoms. The van der Waals surface area contributed by atoms with Crippen LogP contribution in [0, 0.1) is 0 Å². The number of aromatic nitrogens is 2. The van der Waals surface area contributed by atoms with Crippen LogP contribution in [-0.4, -0.2) is 9.97 Å². The van der Waals surface area contributed by atoms with Gasteiger partial charge in [-0.1, -0.05) is 170 Å². The van der Waals surface area contributed by atoms with Crippen molar-refractivity contribution in [2.24, 2.45) is 0 Å². The van der Waals surface area contributed by atoms with Crippen LogP contribution >= 0.6 is 0 Å². The van der Waals surface area contributed by atoms with Crippen LogP contribution in [-0.2, 0) is 0 Å². The van der Waals surface area contributed by atoms with E-state index in [0.29, 0.717) is 0 Å². The van der Waals surface area contributed by atoms with E-state index in [0.717, 1.165) is 55.7 Å². The molecule has 0 bridgehead atoms. The average molecular weight is 826 g/mol. The van der Waals surface area contributed by atoms with Gasteiger partial charge < -0.3 is 4.90 Å². The fourth-order valence-corrected chi connectivity index (χ4v) is 10.0. The fraction of sp³-hybridized carbons (Fsp3) is 0. The molecule has 0 saturated carbocycles. The van der Waals surface area contributed by atoms with E-state index in [9.17, 15) is 0 Å². The smallest absolute Gasteiger partial charge is 0.0788 e. The Bertz CT molecular complexity index is 4000. The minimum absolute atomic E-state index is 0.987. The van der Waals surface area contributed by atoms with Gasteiger partial charge in [-0.2, -0.15) is 0 Å². The summed E-state index contributed by atoms with van der Waals surface area (Å²) in [7, 11) is 0. The van der Waals surface area contributed by atoms with E-state index in [-0.39, 0.29) is 0 Å². The lowest BCUT2D eigenvalue weighted by Crippen LogP contribution is -2.10. The van der Waals surface area contributed by atoms with E-state index < -0.39 is 0 Å². The van der Waals surface area contributed by atoms with E-state index >= 15 is 0 Å². The van der Waals surface area contributed by atoms with Crippen molar-refractivity contribution in [2.45, 2.75) is 0 Å². The predicted molar refractivity (Wildman–Crippen MR) is 276 cm³/mol. The van der Waals surface area contributed by atoms with E-state index in [4.69, 9.17) is 9.97 Å². The first-order valence-electron chi connectivity index (χ1n) is 22.2. The van der Waals surface area contributed by atoms with Crippen molar-refractivity contribution in [3.05, 3.63) is 237 Å². The molecule has 0 spiro atoms. The van der Waals surface area contributed by atoms with Gasteiger partial charge in [-0.25, -0.2) is 4.98 Å². The first-order valence-corrected chi connectivity index (χ1v) is 22.2. The molecule has 3 nitrogen and oxygen atoms in total. The second-order valence-electron chi connectivity index (χ2n) is 17.0. The molecule has 13 rings (SSSR count). The number of hydrogen-bond acceptors (Lipinski definition) is 3. The Morgan fingerprint density at radius 2 is 0.785 bits per heavy atom. The van der Waals surface area contributed by atoms with Crippen LogP contribution in [0.1, 0.15) is 0 Å². The number of benzene rings is 11. The van der Waals surface area contributed by atoms with Gasteiger partial charge in [0.25, 0.3) is 0 Å². The van der Waals surface area contributed by atoms with Gasteiger partial charge in [0, 0.05) is 50.4 Å². The lowest BCUT2D eigenvalue weighted by atomic mass is 9.95. The molecule has 2 aromatic heterocycles. The maximum Gasteiger partial charge on any atom is 0.0788 e. The normalized spacial score (nSPS) is 11.7. The molecule has 0 atom stereocenters. The van der Waals surface area contributed by atoms with Gasteiger partial charge in [-0.15, -0.1) is 0 Å². The van der Waals surface area contributed by atoms with Crippen molar-refractivity contribution in [2.75, 3.05) is 4.90 Å². The van der Waals surface area contributed by atoms with Gasteiger partial charge in [0.1, 0.15) is 0 Å². The molecule has 302 valence electrons. The predicted octanol–water partition coefficient (Wildman–Crippen LogP) is 17.0. The van der Waals surface area contributed by atoms with E-state index in [1.165, 1.54) is 70.6 Å². The van der Waals surface area contributed by atoms with Crippen LogP contribution in [0.3, 0.4) is 0 Å². The third-order valence-corrected chi connectivity index (χ3v) is 13.2. The highest BCUT2D eigenvalue weighted by Crippen LogP contribution is 2.41. The van der Waals surface area contributed by atoms with E-state index in [1.807, 2.05) is 12.3 Å². The molecule has 0 aliphatic carbocycles. The van der Waals surface area contributed by atoms with Crippen molar-refractivity contribution < 1.29 is 0 Å². The van der Waals surface area contributed by atoms with Gasteiger partial charge in [0.2, 0.25) is 0 Å². The minimum atomic E-state index is 0.987. The zero-order valence-corrected chi connectivity index (χ0v) is 35.4. The highest BCUT2D eigenvalue weighted by Gasteiger charge is 2.17. The summed E-state index contributed by atoms with van der Waals surface area (Å²) in [6, 6.07) is 83.4. The largest absolute Gasteiger partial charge is 0.310 e. The maximum atomic E-state index is 5.22. The SMILES string of the molecule is c1ccc2cc(-c3ccc4c(ccc5cc(N(c6ccc(-c7cccc8c7cnc7ccccc78)cc6)c6ccc(-c7nc8ccccc8c8ccccc78)cc6)ccc54)c3)ccc2c1. The molecule has 2 heterocycles. The van der Waals surface area contributed by atoms with Crippen molar-refractivity contribution in [3.8, 4) is 33.5 Å². The van der Waals surface area contributed by atoms with Crippen molar-refractivity contribution in [1.82, 2.24) is 9.97 Å². The Morgan fingerprint density at radius 1 is 0.277 bits per heavy atom. The number of nitrogens with zero attached hydrogens (tertiary/aromatic N) is 3. The first kappa shape index (κ1) is 36.9. The molecule has 13 aromatic rings. The third-order valence-electron chi connectivity index (χ3n) is 13.2. The lowest BCUT2D eigenvalue weighted by molar-refractivity contribution is 1.29. The summed E-state index contributed by atoms with van der Waals surface area (Å²) < 4.78 is 0. The molecular weight excluding hydrogens is 787 g/mol. The quantitative estimate of drug-likeness (QED) is 0.156. The Labute approximate surface area is 376 Å². The fourth-order valence-electron chi connectivity index (χ4n) is 10.0. The Kier molecular flexibility index (Phi) is 8.53. The van der Waals surface area contributed by atoms with Crippen LogP contribution in [0.2, 0.25) is 0 Å². The van der Waals surface area contributed by atoms with E-state index in [2.05, 4.69) is 229 Å². The topological polar surface area (TPSA) is 29.0 Å². The van der Waals surface area contributed by atoms with Crippen LogP contribution in [0.5, 0.6) is 0 Å². The lowest BCUT2D eigenvalue weighted by Gasteiger charge is -2.26. The molecule has 0 radical (unpaired) electrons. The molecule has 65 heavy (non-hydrogen) atoms. The van der Waals surface area contributed by atoms with Crippen LogP contribution in [0.4, 0.5) is 17.1 Å². The zero-order valence-electron chi connectivity index (χ0n) is 35.4. The summed E-state index contributed by atoms with van der Waals surface area (Å²) >= 11 is 0. The van der Waals surface area contributed by atoms with Gasteiger partial charge >= 0.3 is 0 Å². The maximum absolute atomic E-state index is 5.22. The molecule has 0 fully saturated rings. The molecule has 0 aliphatic heterocycles. The summed E-state index contributed by atoms with van der Waals surface area (Å²) in [5.74, 6) is 0. The minimum Gasteiger partial charge on any atom is -0.310 e. The van der Waals surface area contributed by atoms with Gasteiger partial charge in [0.05, 0.1) is 16.7 Å². The third kappa shape index (κ3) is 6.28. The second-order valence-corrected chi connectivity index (χ2v) is 17.0. The highest BCUT2D eigenvalue weighted by atomic mass is 15.1. The standard InChI is InChI=1S/C62H39N3/c1-2-11-43-36-44(21-20-40(43)10-1)45-28-34-52-46(37-45)22-23-47-38-50(33-35-53(47)52)65(48-29-24-41(25-30-48)51-16-9-17-55-56-13-5-7-18-60(56)63-39-59(51)55)49-31-26-42(27-32-49)62-58-15-4-3-12-54(58)57-14-6-8-19-61(57)64-62/h1-39H. The van der Waals surface area contributed by atoms with Gasteiger partial charge in [0.15, 0.2) is 0 Å². The van der Waals surface area contributed by atoms with Crippen molar-refractivity contribution in [3.63, 3.8) is 0 Å². The Balaban J connectivity index is 0.918. The van der Waals surface area contributed by atoms with Crippen LogP contribution in [0.25, 0.3) is 109 Å².